The first kappa shape index (κ1) is 16.1. The maximum Gasteiger partial charge on any atom is 0.343 e. The standard InChI is InChI=1S/C13H10Cl2N2O5/c1-21-10(18)5-22-11-7(14)2-6(3-8(11)15)4-9-12(19)17-13(20)16-9/h2-4H,5H2,1H3,(H2,16,17,19,20)/b9-4+. The summed E-state index contributed by atoms with van der Waals surface area (Å²) in [4.78, 5) is 33.5. The summed E-state index contributed by atoms with van der Waals surface area (Å²) < 4.78 is 9.62. The zero-order valence-electron chi connectivity index (χ0n) is 11.2. The van der Waals surface area contributed by atoms with Crippen LogP contribution in [0.25, 0.3) is 6.08 Å². The number of imide groups is 1. The summed E-state index contributed by atoms with van der Waals surface area (Å²) in [6.07, 6.45) is 1.40. The summed E-state index contributed by atoms with van der Waals surface area (Å²) >= 11 is 12.1. The first-order valence-corrected chi connectivity index (χ1v) is 6.69. The van der Waals surface area contributed by atoms with Gasteiger partial charge in [-0.15, -0.1) is 0 Å². The van der Waals surface area contributed by atoms with Crippen molar-refractivity contribution in [3.8, 4) is 5.75 Å². The molecule has 0 unspecified atom stereocenters. The molecule has 0 aliphatic carbocycles. The number of methoxy groups -OCH3 is 1. The van der Waals surface area contributed by atoms with Gasteiger partial charge in [-0.25, -0.2) is 9.59 Å². The number of hydrogen-bond donors (Lipinski definition) is 2. The van der Waals surface area contributed by atoms with E-state index in [9.17, 15) is 14.4 Å². The SMILES string of the molecule is COC(=O)COc1c(Cl)cc(/C=C2/NC(=O)NC2=O)cc1Cl. The van der Waals surface area contributed by atoms with Crippen LogP contribution >= 0.6 is 23.2 Å². The van der Waals surface area contributed by atoms with Gasteiger partial charge in [0, 0.05) is 0 Å². The minimum Gasteiger partial charge on any atom is -0.479 e. The lowest BCUT2D eigenvalue weighted by molar-refractivity contribution is -0.142. The molecular weight excluding hydrogens is 335 g/mol. The second-order valence-corrected chi connectivity index (χ2v) is 4.96. The Bertz CT molecular complexity index is 664. The lowest BCUT2D eigenvalue weighted by Crippen LogP contribution is -2.22. The Morgan fingerprint density at radius 1 is 1.23 bits per heavy atom. The van der Waals surface area contributed by atoms with Gasteiger partial charge < -0.3 is 14.8 Å². The monoisotopic (exact) mass is 344 g/mol. The number of benzene rings is 1. The average molecular weight is 345 g/mol. The summed E-state index contributed by atoms with van der Waals surface area (Å²) in [6.45, 7) is -0.338. The van der Waals surface area contributed by atoms with Crippen molar-refractivity contribution in [1.29, 1.82) is 0 Å². The van der Waals surface area contributed by atoms with E-state index in [0.29, 0.717) is 5.56 Å². The summed E-state index contributed by atoms with van der Waals surface area (Å²) in [5.41, 5.74) is 0.549. The fourth-order valence-corrected chi connectivity index (χ4v) is 2.25. The molecule has 0 bridgehead atoms. The van der Waals surface area contributed by atoms with Gasteiger partial charge in [-0.05, 0) is 23.8 Å². The molecular formula is C13H10Cl2N2O5. The fraction of sp³-hybridized carbons (Fsp3) is 0.154. The average Bonchev–Trinajstić information content (AvgIpc) is 2.75. The molecule has 1 aliphatic heterocycles. The number of halogens is 2. The van der Waals surface area contributed by atoms with Gasteiger partial charge in [0.05, 0.1) is 17.2 Å². The van der Waals surface area contributed by atoms with Gasteiger partial charge in [0.2, 0.25) is 0 Å². The largest absolute Gasteiger partial charge is 0.479 e. The smallest absolute Gasteiger partial charge is 0.343 e. The molecule has 1 saturated heterocycles. The number of nitrogens with one attached hydrogen (secondary N) is 2. The van der Waals surface area contributed by atoms with E-state index in [1.54, 1.807) is 0 Å². The van der Waals surface area contributed by atoms with Crippen molar-refractivity contribution < 1.29 is 23.9 Å². The van der Waals surface area contributed by atoms with Gasteiger partial charge in [-0.1, -0.05) is 23.2 Å². The molecule has 1 aromatic carbocycles. The van der Waals surface area contributed by atoms with Crippen LogP contribution in [-0.4, -0.2) is 31.6 Å². The highest BCUT2D eigenvalue weighted by molar-refractivity contribution is 6.37. The summed E-state index contributed by atoms with van der Waals surface area (Å²) in [5.74, 6) is -1.01. The molecule has 1 fully saturated rings. The Morgan fingerprint density at radius 3 is 2.36 bits per heavy atom. The third-order valence-corrected chi connectivity index (χ3v) is 3.18. The van der Waals surface area contributed by atoms with Crippen molar-refractivity contribution in [1.82, 2.24) is 10.6 Å². The van der Waals surface area contributed by atoms with Crippen molar-refractivity contribution >= 4 is 47.2 Å². The van der Waals surface area contributed by atoms with Crippen molar-refractivity contribution in [3.63, 3.8) is 0 Å². The maximum absolute atomic E-state index is 11.4. The number of rotatable bonds is 4. The molecule has 1 aromatic rings. The molecule has 0 radical (unpaired) electrons. The highest BCUT2D eigenvalue weighted by Gasteiger charge is 2.23. The number of carbonyl (C=O) groups is 3. The predicted octanol–water partition coefficient (Wildman–Crippen LogP) is 1.73. The van der Waals surface area contributed by atoms with E-state index in [2.05, 4.69) is 15.4 Å². The zero-order valence-corrected chi connectivity index (χ0v) is 12.7. The van der Waals surface area contributed by atoms with Crippen LogP contribution in [0.15, 0.2) is 17.8 Å². The Hall–Kier alpha value is -2.25. The Labute approximate surface area is 135 Å². The van der Waals surface area contributed by atoms with Crippen molar-refractivity contribution in [2.24, 2.45) is 0 Å². The minimum atomic E-state index is -0.605. The van der Waals surface area contributed by atoms with Crippen molar-refractivity contribution in [2.75, 3.05) is 13.7 Å². The number of urea groups is 1. The fourth-order valence-electron chi connectivity index (χ4n) is 1.64. The Kier molecular flexibility index (Phi) is 4.89. The first-order valence-electron chi connectivity index (χ1n) is 5.93. The van der Waals surface area contributed by atoms with Gasteiger partial charge in [0.15, 0.2) is 12.4 Å². The Balaban J connectivity index is 2.23. The summed E-state index contributed by atoms with van der Waals surface area (Å²) in [7, 11) is 1.23. The second-order valence-electron chi connectivity index (χ2n) is 4.14. The number of carbonyl (C=O) groups excluding carboxylic acids is 3. The molecule has 0 spiro atoms. The summed E-state index contributed by atoms with van der Waals surface area (Å²) in [6, 6.07) is 2.35. The van der Waals surface area contributed by atoms with E-state index in [-0.39, 0.29) is 28.1 Å². The highest BCUT2D eigenvalue weighted by atomic mass is 35.5. The number of hydrogen-bond acceptors (Lipinski definition) is 5. The van der Waals surface area contributed by atoms with Crippen molar-refractivity contribution in [2.45, 2.75) is 0 Å². The van der Waals surface area contributed by atoms with E-state index < -0.39 is 17.9 Å². The van der Waals surface area contributed by atoms with Crippen LogP contribution in [-0.2, 0) is 14.3 Å². The second kappa shape index (κ2) is 6.67. The molecule has 3 amide bonds. The lowest BCUT2D eigenvalue weighted by atomic mass is 10.2. The van der Waals surface area contributed by atoms with Gasteiger partial charge >= 0.3 is 12.0 Å². The van der Waals surface area contributed by atoms with Crippen LogP contribution < -0.4 is 15.4 Å². The molecule has 9 heteroatoms. The molecule has 116 valence electrons. The van der Waals surface area contributed by atoms with Crippen LogP contribution in [0, 0.1) is 0 Å². The molecule has 2 N–H and O–H groups in total. The van der Waals surface area contributed by atoms with E-state index in [1.807, 2.05) is 0 Å². The lowest BCUT2D eigenvalue weighted by Gasteiger charge is -2.10. The van der Waals surface area contributed by atoms with E-state index in [1.165, 1.54) is 25.3 Å². The topological polar surface area (TPSA) is 93.7 Å². The van der Waals surface area contributed by atoms with Crippen LogP contribution in [0.3, 0.4) is 0 Å². The van der Waals surface area contributed by atoms with Crippen LogP contribution in [0.5, 0.6) is 5.75 Å². The molecule has 1 heterocycles. The van der Waals surface area contributed by atoms with Crippen LogP contribution in [0.4, 0.5) is 4.79 Å². The number of amides is 3. The van der Waals surface area contributed by atoms with Crippen LogP contribution in [0.2, 0.25) is 10.0 Å². The van der Waals surface area contributed by atoms with Crippen LogP contribution in [0.1, 0.15) is 5.56 Å². The maximum atomic E-state index is 11.4. The van der Waals surface area contributed by atoms with Gasteiger partial charge in [-0.2, -0.15) is 0 Å². The molecule has 22 heavy (non-hydrogen) atoms. The minimum absolute atomic E-state index is 0.0698. The molecule has 7 nitrogen and oxygen atoms in total. The predicted molar refractivity (Wildman–Crippen MR) is 78.6 cm³/mol. The Morgan fingerprint density at radius 2 is 1.86 bits per heavy atom. The third-order valence-electron chi connectivity index (χ3n) is 2.61. The molecule has 2 rings (SSSR count). The molecule has 0 atom stereocenters. The highest BCUT2D eigenvalue weighted by Crippen LogP contribution is 2.34. The van der Waals surface area contributed by atoms with E-state index >= 15 is 0 Å². The van der Waals surface area contributed by atoms with E-state index in [0.717, 1.165) is 0 Å². The first-order chi connectivity index (χ1) is 10.4. The van der Waals surface area contributed by atoms with Gasteiger partial charge in [0.1, 0.15) is 5.70 Å². The van der Waals surface area contributed by atoms with Gasteiger partial charge in [0.25, 0.3) is 5.91 Å². The van der Waals surface area contributed by atoms with E-state index in [4.69, 9.17) is 27.9 Å². The normalized spacial score (nSPS) is 15.5. The third kappa shape index (κ3) is 3.69. The number of ether oxygens (including phenoxy) is 2. The quantitative estimate of drug-likeness (QED) is 0.492. The number of esters is 1. The molecule has 0 aromatic heterocycles. The zero-order chi connectivity index (χ0) is 16.3. The molecule has 1 aliphatic rings. The molecule has 0 saturated carbocycles. The van der Waals surface area contributed by atoms with Gasteiger partial charge in [-0.3, -0.25) is 10.1 Å². The summed E-state index contributed by atoms with van der Waals surface area (Å²) in [5, 5.41) is 4.70. The van der Waals surface area contributed by atoms with Crippen molar-refractivity contribution in [3.05, 3.63) is 33.4 Å².